The van der Waals surface area contributed by atoms with Crippen molar-refractivity contribution in [1.29, 1.82) is 0 Å². The minimum absolute atomic E-state index is 0.760. The number of hydrogen-bond acceptors (Lipinski definition) is 2. The second kappa shape index (κ2) is 2.94. The number of aromatic nitrogens is 3. The molecule has 15 heavy (non-hydrogen) atoms. The van der Waals surface area contributed by atoms with Gasteiger partial charge in [-0.3, -0.25) is 0 Å². The number of fused-ring (bicyclic) bond motifs is 3. The highest BCUT2D eigenvalue weighted by Gasteiger charge is 2.09. The van der Waals surface area contributed by atoms with Crippen molar-refractivity contribution in [2.75, 3.05) is 0 Å². The molecule has 3 rings (SSSR count). The monoisotopic (exact) mass is 217 g/mol. The van der Waals surface area contributed by atoms with Crippen molar-refractivity contribution >= 4 is 33.7 Å². The summed E-state index contributed by atoms with van der Waals surface area (Å²) in [4.78, 5) is 8.56. The van der Waals surface area contributed by atoms with Gasteiger partial charge in [0.25, 0.3) is 0 Å². The Morgan fingerprint density at radius 2 is 2.00 bits per heavy atom. The SMILES string of the molecule is Cc1ncc2c(n1)c1ccccc1n2Cl. The Bertz CT molecular complexity index is 657. The average molecular weight is 218 g/mol. The van der Waals surface area contributed by atoms with E-state index in [9.17, 15) is 0 Å². The second-order valence-electron chi connectivity index (χ2n) is 3.45. The van der Waals surface area contributed by atoms with Gasteiger partial charge < -0.3 is 0 Å². The van der Waals surface area contributed by atoms with Gasteiger partial charge in [0.05, 0.1) is 11.7 Å². The summed E-state index contributed by atoms with van der Waals surface area (Å²) in [6.07, 6.45) is 1.75. The van der Waals surface area contributed by atoms with Crippen LogP contribution in [0.2, 0.25) is 0 Å². The maximum Gasteiger partial charge on any atom is 0.126 e. The molecule has 0 saturated heterocycles. The number of hydrogen-bond donors (Lipinski definition) is 0. The molecule has 2 heterocycles. The molecule has 0 aliphatic heterocycles. The minimum Gasteiger partial charge on any atom is -0.249 e. The van der Waals surface area contributed by atoms with Crippen LogP contribution in [0.1, 0.15) is 5.82 Å². The Hall–Kier alpha value is -1.61. The van der Waals surface area contributed by atoms with E-state index in [0.717, 1.165) is 27.8 Å². The van der Waals surface area contributed by atoms with E-state index in [1.807, 2.05) is 31.2 Å². The Labute approximate surface area is 91.4 Å². The van der Waals surface area contributed by atoms with E-state index in [0.29, 0.717) is 0 Å². The predicted octanol–water partition coefficient (Wildman–Crippen LogP) is 2.89. The lowest BCUT2D eigenvalue weighted by Gasteiger charge is -1.93. The third kappa shape index (κ3) is 1.13. The van der Waals surface area contributed by atoms with Gasteiger partial charge in [-0.25, -0.2) is 14.1 Å². The molecular formula is C11H8ClN3. The highest BCUT2D eigenvalue weighted by molar-refractivity contribution is 6.25. The van der Waals surface area contributed by atoms with E-state index in [1.54, 1.807) is 10.3 Å². The molecule has 0 aliphatic carbocycles. The first-order valence-electron chi connectivity index (χ1n) is 4.66. The lowest BCUT2D eigenvalue weighted by molar-refractivity contribution is 1.09. The zero-order valence-electron chi connectivity index (χ0n) is 8.11. The molecule has 3 aromatic rings. The molecule has 0 N–H and O–H groups in total. The topological polar surface area (TPSA) is 30.7 Å². The van der Waals surface area contributed by atoms with Gasteiger partial charge in [0, 0.05) is 17.2 Å². The summed E-state index contributed by atoms with van der Waals surface area (Å²) in [7, 11) is 0. The van der Waals surface area contributed by atoms with E-state index < -0.39 is 0 Å². The van der Waals surface area contributed by atoms with Crippen LogP contribution >= 0.6 is 11.8 Å². The summed E-state index contributed by atoms with van der Waals surface area (Å²) in [5, 5.41) is 1.06. The van der Waals surface area contributed by atoms with E-state index in [2.05, 4.69) is 9.97 Å². The van der Waals surface area contributed by atoms with Gasteiger partial charge in [0.15, 0.2) is 0 Å². The van der Waals surface area contributed by atoms with Crippen molar-refractivity contribution in [1.82, 2.24) is 14.1 Å². The van der Waals surface area contributed by atoms with Crippen molar-refractivity contribution in [3.63, 3.8) is 0 Å². The van der Waals surface area contributed by atoms with Crippen molar-refractivity contribution in [3.8, 4) is 0 Å². The van der Waals surface area contributed by atoms with Crippen molar-refractivity contribution in [2.24, 2.45) is 0 Å². The van der Waals surface area contributed by atoms with Crippen molar-refractivity contribution in [2.45, 2.75) is 6.92 Å². The Balaban J connectivity index is 2.64. The van der Waals surface area contributed by atoms with E-state index in [4.69, 9.17) is 11.8 Å². The summed E-state index contributed by atoms with van der Waals surface area (Å²) in [6.45, 7) is 1.87. The van der Waals surface area contributed by atoms with Crippen LogP contribution in [-0.4, -0.2) is 14.1 Å². The van der Waals surface area contributed by atoms with Crippen LogP contribution in [0.25, 0.3) is 21.9 Å². The zero-order chi connectivity index (χ0) is 10.4. The van der Waals surface area contributed by atoms with Crippen LogP contribution in [0.3, 0.4) is 0 Å². The summed E-state index contributed by atoms with van der Waals surface area (Å²) in [5.74, 6) is 0.760. The summed E-state index contributed by atoms with van der Waals surface area (Å²) >= 11 is 6.18. The molecule has 0 spiro atoms. The normalized spacial score (nSPS) is 11.3. The van der Waals surface area contributed by atoms with Crippen molar-refractivity contribution < 1.29 is 0 Å². The maximum atomic E-state index is 6.18. The number of halogens is 1. The highest BCUT2D eigenvalue weighted by atomic mass is 35.5. The Morgan fingerprint density at radius 1 is 1.20 bits per heavy atom. The first kappa shape index (κ1) is 8.68. The zero-order valence-corrected chi connectivity index (χ0v) is 8.86. The van der Waals surface area contributed by atoms with Gasteiger partial charge in [-0.15, -0.1) is 0 Å². The number of para-hydroxylation sites is 1. The second-order valence-corrected chi connectivity index (χ2v) is 3.79. The van der Waals surface area contributed by atoms with Gasteiger partial charge in [-0.05, 0) is 13.0 Å². The third-order valence-corrected chi connectivity index (χ3v) is 2.84. The number of nitrogens with zero attached hydrogens (tertiary/aromatic N) is 3. The average Bonchev–Trinajstić information content (AvgIpc) is 2.54. The first-order chi connectivity index (χ1) is 7.27. The molecule has 3 nitrogen and oxygen atoms in total. The Kier molecular flexibility index (Phi) is 1.70. The molecule has 0 bridgehead atoms. The molecule has 0 radical (unpaired) electrons. The van der Waals surface area contributed by atoms with Crippen LogP contribution < -0.4 is 0 Å². The lowest BCUT2D eigenvalue weighted by atomic mass is 10.2. The van der Waals surface area contributed by atoms with Gasteiger partial charge in [0.2, 0.25) is 0 Å². The number of rotatable bonds is 0. The molecule has 0 saturated carbocycles. The molecule has 1 aromatic carbocycles. The first-order valence-corrected chi connectivity index (χ1v) is 5.00. The minimum atomic E-state index is 0.760. The fourth-order valence-corrected chi connectivity index (χ4v) is 2.05. The Morgan fingerprint density at radius 3 is 2.87 bits per heavy atom. The summed E-state index contributed by atoms with van der Waals surface area (Å²) in [5.41, 5.74) is 2.73. The lowest BCUT2D eigenvalue weighted by Crippen LogP contribution is -1.87. The number of aryl methyl sites for hydroxylation is 1. The van der Waals surface area contributed by atoms with Crippen LogP contribution in [0.4, 0.5) is 0 Å². The molecular weight excluding hydrogens is 210 g/mol. The van der Waals surface area contributed by atoms with Crippen LogP contribution in [0.15, 0.2) is 30.5 Å². The molecule has 74 valence electrons. The van der Waals surface area contributed by atoms with E-state index >= 15 is 0 Å². The van der Waals surface area contributed by atoms with Crippen LogP contribution in [0.5, 0.6) is 0 Å². The highest BCUT2D eigenvalue weighted by Crippen LogP contribution is 2.27. The molecule has 0 aliphatic rings. The van der Waals surface area contributed by atoms with Gasteiger partial charge in [0.1, 0.15) is 16.9 Å². The van der Waals surface area contributed by atoms with E-state index in [-0.39, 0.29) is 0 Å². The fourth-order valence-electron chi connectivity index (χ4n) is 1.78. The van der Waals surface area contributed by atoms with Crippen LogP contribution in [0, 0.1) is 6.92 Å². The molecule has 0 atom stereocenters. The fraction of sp³-hybridized carbons (Fsp3) is 0.0909. The van der Waals surface area contributed by atoms with Gasteiger partial charge >= 0.3 is 0 Å². The predicted molar refractivity (Wildman–Crippen MR) is 61.0 cm³/mol. The molecule has 4 heteroatoms. The largest absolute Gasteiger partial charge is 0.249 e. The molecule has 0 amide bonds. The standard InChI is InChI=1S/C11H8ClN3/c1-7-13-6-10-11(14-7)8-4-2-3-5-9(8)15(10)12/h2-6H,1H3. The molecule has 0 unspecified atom stereocenters. The summed E-state index contributed by atoms with van der Waals surface area (Å²) < 4.78 is 1.60. The van der Waals surface area contributed by atoms with Gasteiger partial charge in [-0.1, -0.05) is 18.2 Å². The summed E-state index contributed by atoms with van der Waals surface area (Å²) in [6, 6.07) is 7.93. The van der Waals surface area contributed by atoms with Gasteiger partial charge in [-0.2, -0.15) is 0 Å². The molecule has 0 fully saturated rings. The smallest absolute Gasteiger partial charge is 0.126 e. The quantitative estimate of drug-likeness (QED) is 0.580. The maximum absolute atomic E-state index is 6.18. The third-order valence-electron chi connectivity index (χ3n) is 2.47. The van der Waals surface area contributed by atoms with E-state index in [1.165, 1.54) is 0 Å². The number of benzene rings is 1. The molecule has 2 aromatic heterocycles. The van der Waals surface area contributed by atoms with Crippen molar-refractivity contribution in [3.05, 3.63) is 36.3 Å². The van der Waals surface area contributed by atoms with Crippen LogP contribution in [-0.2, 0) is 0 Å².